The Balaban J connectivity index is 1.54. The molecule has 4 amide bonds. The largest absolute Gasteiger partial charge is 0.458 e. The summed E-state index contributed by atoms with van der Waals surface area (Å²) in [6.07, 6.45) is 1.08. The summed E-state index contributed by atoms with van der Waals surface area (Å²) in [5.74, 6) is 0.522. The van der Waals surface area contributed by atoms with Gasteiger partial charge in [-0.15, -0.1) is 0 Å². The molecule has 1 aromatic heterocycles. The maximum atomic E-state index is 13.1. The highest BCUT2D eigenvalue weighted by Crippen LogP contribution is 2.33. The number of nitrogens with one attached hydrogen (secondary N) is 1. The van der Waals surface area contributed by atoms with Crippen molar-refractivity contribution >= 4 is 28.8 Å². The molecule has 0 radical (unpaired) electrons. The first-order valence-corrected chi connectivity index (χ1v) is 9.69. The molecule has 2 aromatic rings. The molecule has 0 unspecified atom stereocenters. The van der Waals surface area contributed by atoms with E-state index in [1.807, 2.05) is 24.3 Å². The molecular weight excluding hydrogens is 358 g/mol. The van der Waals surface area contributed by atoms with Crippen LogP contribution in [-0.4, -0.2) is 47.3 Å². The molecular formula is C21H25N3O4. The van der Waals surface area contributed by atoms with Gasteiger partial charge in [0.1, 0.15) is 17.9 Å². The number of para-hydroxylation sites is 1. The van der Waals surface area contributed by atoms with Gasteiger partial charge in [-0.1, -0.05) is 32.0 Å². The van der Waals surface area contributed by atoms with E-state index in [1.165, 1.54) is 0 Å². The van der Waals surface area contributed by atoms with Crippen molar-refractivity contribution in [2.45, 2.75) is 32.7 Å². The number of furan rings is 1. The Morgan fingerprint density at radius 1 is 1.21 bits per heavy atom. The van der Waals surface area contributed by atoms with Gasteiger partial charge in [-0.2, -0.15) is 0 Å². The van der Waals surface area contributed by atoms with E-state index in [9.17, 15) is 14.4 Å². The van der Waals surface area contributed by atoms with Gasteiger partial charge in [-0.25, -0.2) is 4.79 Å². The number of nitrogens with zero attached hydrogens (tertiary/aromatic N) is 2. The number of hydrogen-bond donors (Lipinski definition) is 1. The lowest BCUT2D eigenvalue weighted by Gasteiger charge is -2.35. The molecule has 2 aliphatic rings. The molecule has 2 saturated heterocycles. The number of urea groups is 1. The number of imide groups is 1. The first-order chi connectivity index (χ1) is 13.3. The Morgan fingerprint density at radius 3 is 2.57 bits per heavy atom. The molecule has 28 heavy (non-hydrogen) atoms. The van der Waals surface area contributed by atoms with Gasteiger partial charge in [0.15, 0.2) is 5.54 Å². The third kappa shape index (κ3) is 3.04. The summed E-state index contributed by atoms with van der Waals surface area (Å²) in [5, 5.41) is 3.56. The number of amides is 4. The van der Waals surface area contributed by atoms with Crippen LogP contribution in [0.4, 0.5) is 4.79 Å². The first kappa shape index (κ1) is 18.5. The number of rotatable bonds is 3. The van der Waals surface area contributed by atoms with E-state index in [1.54, 1.807) is 17.9 Å². The summed E-state index contributed by atoms with van der Waals surface area (Å²) in [5.41, 5.74) is -0.676. The quantitative estimate of drug-likeness (QED) is 0.826. The lowest BCUT2D eigenvalue weighted by molar-refractivity contribution is -0.140. The molecule has 1 N–H and O–H groups in total. The van der Waals surface area contributed by atoms with Crippen LogP contribution in [-0.2, 0) is 15.1 Å². The molecule has 7 heteroatoms. The lowest BCUT2D eigenvalue weighted by atomic mass is 9.92. The fourth-order valence-electron chi connectivity index (χ4n) is 4.34. The van der Waals surface area contributed by atoms with E-state index in [0.29, 0.717) is 36.3 Å². The summed E-state index contributed by atoms with van der Waals surface area (Å²) in [4.78, 5) is 41.1. The topological polar surface area (TPSA) is 82.9 Å². The van der Waals surface area contributed by atoms with E-state index in [4.69, 9.17) is 4.42 Å². The van der Waals surface area contributed by atoms with Crippen LogP contribution >= 0.6 is 0 Å². The Labute approximate surface area is 163 Å². The van der Waals surface area contributed by atoms with Crippen molar-refractivity contribution in [1.29, 1.82) is 0 Å². The van der Waals surface area contributed by atoms with E-state index in [-0.39, 0.29) is 12.5 Å². The normalized spacial score (nSPS) is 28.1. The van der Waals surface area contributed by atoms with Crippen LogP contribution < -0.4 is 5.32 Å². The number of carbonyl (C=O) groups excluding carboxylic acids is 3. The fourth-order valence-corrected chi connectivity index (χ4v) is 4.34. The SMILES string of the molecule is C[C@@H]1C[C@@H](C)CN(C(=O)CN2C(=O)N[C@](C)(c3cc4ccccc4o3)C2=O)C1. The van der Waals surface area contributed by atoms with Crippen molar-refractivity contribution in [3.63, 3.8) is 0 Å². The van der Waals surface area contributed by atoms with Gasteiger partial charge >= 0.3 is 6.03 Å². The van der Waals surface area contributed by atoms with Gasteiger partial charge in [0.25, 0.3) is 5.91 Å². The van der Waals surface area contributed by atoms with E-state index < -0.39 is 17.5 Å². The Morgan fingerprint density at radius 2 is 1.89 bits per heavy atom. The van der Waals surface area contributed by atoms with Gasteiger partial charge in [0, 0.05) is 18.5 Å². The maximum Gasteiger partial charge on any atom is 0.325 e. The zero-order valence-electron chi connectivity index (χ0n) is 16.4. The predicted molar refractivity (Wildman–Crippen MR) is 103 cm³/mol. The molecule has 0 bridgehead atoms. The fraction of sp³-hybridized carbons (Fsp3) is 0.476. The van der Waals surface area contributed by atoms with Crippen molar-refractivity contribution in [2.24, 2.45) is 11.8 Å². The summed E-state index contributed by atoms with van der Waals surface area (Å²) in [6, 6.07) is 8.60. The zero-order valence-corrected chi connectivity index (χ0v) is 16.4. The Hall–Kier alpha value is -2.83. The molecule has 0 spiro atoms. The van der Waals surface area contributed by atoms with E-state index in [2.05, 4.69) is 19.2 Å². The molecule has 0 aliphatic carbocycles. The van der Waals surface area contributed by atoms with Crippen LogP contribution in [0.15, 0.2) is 34.7 Å². The van der Waals surface area contributed by atoms with Crippen LogP contribution in [0.2, 0.25) is 0 Å². The second-order valence-corrected chi connectivity index (χ2v) is 8.34. The van der Waals surface area contributed by atoms with Gasteiger partial charge in [0.05, 0.1) is 0 Å². The predicted octanol–water partition coefficient (Wildman–Crippen LogP) is 2.70. The van der Waals surface area contributed by atoms with E-state index >= 15 is 0 Å². The molecule has 7 nitrogen and oxygen atoms in total. The lowest BCUT2D eigenvalue weighted by Crippen LogP contribution is -2.48. The van der Waals surface area contributed by atoms with Crippen molar-refractivity contribution < 1.29 is 18.8 Å². The number of benzene rings is 1. The van der Waals surface area contributed by atoms with Crippen molar-refractivity contribution in [2.75, 3.05) is 19.6 Å². The summed E-state index contributed by atoms with van der Waals surface area (Å²) in [7, 11) is 0. The van der Waals surface area contributed by atoms with Crippen molar-refractivity contribution in [3.05, 3.63) is 36.1 Å². The number of likely N-dealkylation sites (tertiary alicyclic amines) is 1. The monoisotopic (exact) mass is 383 g/mol. The molecule has 0 saturated carbocycles. The number of piperidine rings is 1. The van der Waals surface area contributed by atoms with Crippen LogP contribution in [0.1, 0.15) is 33.0 Å². The van der Waals surface area contributed by atoms with Gasteiger partial charge in [0.2, 0.25) is 5.91 Å². The molecule has 2 fully saturated rings. The number of carbonyl (C=O) groups is 3. The van der Waals surface area contributed by atoms with Crippen LogP contribution in [0.25, 0.3) is 11.0 Å². The number of fused-ring (bicyclic) bond motifs is 1. The second kappa shape index (κ2) is 6.65. The minimum atomic E-state index is -1.32. The summed E-state index contributed by atoms with van der Waals surface area (Å²) in [6.45, 7) is 6.91. The molecule has 1 aromatic carbocycles. The maximum absolute atomic E-state index is 13.1. The Bertz CT molecular complexity index is 909. The summed E-state index contributed by atoms with van der Waals surface area (Å²) < 4.78 is 5.81. The van der Waals surface area contributed by atoms with E-state index in [0.717, 1.165) is 16.7 Å². The summed E-state index contributed by atoms with van der Waals surface area (Å²) >= 11 is 0. The highest BCUT2D eigenvalue weighted by Gasteiger charge is 2.52. The van der Waals surface area contributed by atoms with Crippen LogP contribution in [0.5, 0.6) is 0 Å². The van der Waals surface area contributed by atoms with Crippen molar-refractivity contribution in [1.82, 2.24) is 15.1 Å². The number of hydrogen-bond acceptors (Lipinski definition) is 4. The van der Waals surface area contributed by atoms with Gasteiger partial charge < -0.3 is 14.6 Å². The third-order valence-electron chi connectivity index (χ3n) is 5.71. The average Bonchev–Trinajstić information content (AvgIpc) is 3.17. The Kier molecular flexibility index (Phi) is 4.40. The van der Waals surface area contributed by atoms with Crippen LogP contribution in [0, 0.1) is 11.8 Å². The van der Waals surface area contributed by atoms with Crippen molar-refractivity contribution in [3.8, 4) is 0 Å². The molecule has 148 valence electrons. The average molecular weight is 383 g/mol. The highest BCUT2D eigenvalue weighted by molar-refractivity contribution is 6.09. The zero-order chi connectivity index (χ0) is 20.1. The first-order valence-electron chi connectivity index (χ1n) is 9.69. The standard InChI is InChI=1S/C21H25N3O4/c1-13-8-14(2)11-23(10-13)18(25)12-24-19(26)21(3,22-20(24)27)17-9-15-6-4-5-7-16(15)28-17/h4-7,9,13-14H,8,10-12H2,1-3H3,(H,22,27)/t13-,14-,21-/m1/s1. The highest BCUT2D eigenvalue weighted by atomic mass is 16.3. The molecule has 3 atom stereocenters. The van der Waals surface area contributed by atoms with Crippen LogP contribution in [0.3, 0.4) is 0 Å². The minimum absolute atomic E-state index is 0.198. The molecule has 3 heterocycles. The smallest absolute Gasteiger partial charge is 0.325 e. The minimum Gasteiger partial charge on any atom is -0.458 e. The second-order valence-electron chi connectivity index (χ2n) is 8.34. The molecule has 2 aliphatic heterocycles. The molecule has 4 rings (SSSR count). The third-order valence-corrected chi connectivity index (χ3v) is 5.71. The van der Waals surface area contributed by atoms with Gasteiger partial charge in [-0.05, 0) is 37.3 Å². The van der Waals surface area contributed by atoms with Gasteiger partial charge in [-0.3, -0.25) is 14.5 Å².